The highest BCUT2D eigenvalue weighted by Gasteiger charge is 2.19. The molecule has 1 aromatic heterocycles. The van der Waals surface area contributed by atoms with E-state index in [1.165, 1.54) is 10.9 Å². The second kappa shape index (κ2) is 7.33. The summed E-state index contributed by atoms with van der Waals surface area (Å²) in [5.41, 5.74) is 0.901. The summed E-state index contributed by atoms with van der Waals surface area (Å²) in [6.07, 6.45) is 0. The van der Waals surface area contributed by atoms with Gasteiger partial charge in [-0.2, -0.15) is 8.78 Å². The molecule has 21 heavy (non-hydrogen) atoms. The van der Waals surface area contributed by atoms with Crippen LogP contribution < -0.4 is 10.1 Å². The van der Waals surface area contributed by atoms with Crippen LogP contribution in [0.15, 0.2) is 34.8 Å². The summed E-state index contributed by atoms with van der Waals surface area (Å²) in [7, 11) is 0. The molecule has 1 atom stereocenters. The van der Waals surface area contributed by atoms with Gasteiger partial charge < -0.3 is 10.1 Å². The summed E-state index contributed by atoms with van der Waals surface area (Å²) in [6.45, 7) is 2.01. The second-order valence-electron chi connectivity index (χ2n) is 4.51. The number of thiophene rings is 1. The molecule has 2 rings (SSSR count). The molecule has 0 spiro atoms. The fourth-order valence-electron chi connectivity index (χ4n) is 2.13. The highest BCUT2D eigenvalue weighted by molar-refractivity contribution is 9.10. The largest absolute Gasteiger partial charge is 0.435 e. The zero-order valence-corrected chi connectivity index (χ0v) is 14.1. The van der Waals surface area contributed by atoms with Gasteiger partial charge in [-0.3, -0.25) is 0 Å². The van der Waals surface area contributed by atoms with Crippen molar-refractivity contribution in [2.75, 3.05) is 6.54 Å². The number of hydrogen-bond donors (Lipinski definition) is 1. The first-order chi connectivity index (χ1) is 10.0. The third-order valence-electron chi connectivity index (χ3n) is 2.92. The Bertz CT molecular complexity index is 603. The van der Waals surface area contributed by atoms with Crippen LogP contribution in [0.4, 0.5) is 8.78 Å². The first-order valence-corrected chi connectivity index (χ1v) is 8.16. The molecule has 2 aromatic rings. The van der Waals surface area contributed by atoms with Crippen LogP contribution in [0.1, 0.15) is 28.3 Å². The number of nitrogens with one attached hydrogen (secondary N) is 1. The Morgan fingerprint density at radius 1 is 1.33 bits per heavy atom. The molecule has 1 aromatic carbocycles. The van der Waals surface area contributed by atoms with E-state index in [-0.39, 0.29) is 11.8 Å². The molecular formula is C15H16BrF2NOS. The van der Waals surface area contributed by atoms with Gasteiger partial charge in [0.25, 0.3) is 0 Å². The van der Waals surface area contributed by atoms with Crippen molar-refractivity contribution >= 4 is 27.3 Å². The van der Waals surface area contributed by atoms with Crippen LogP contribution in [0.2, 0.25) is 0 Å². The summed E-state index contributed by atoms with van der Waals surface area (Å²) < 4.78 is 30.2. The minimum absolute atomic E-state index is 0.0516. The van der Waals surface area contributed by atoms with Crippen molar-refractivity contribution in [1.29, 1.82) is 0 Å². The lowest BCUT2D eigenvalue weighted by molar-refractivity contribution is -0.0498. The quantitative estimate of drug-likeness (QED) is 0.756. The molecule has 2 nitrogen and oxygen atoms in total. The van der Waals surface area contributed by atoms with Crippen molar-refractivity contribution in [3.05, 3.63) is 50.1 Å². The maximum atomic E-state index is 12.3. The number of hydrogen-bond acceptors (Lipinski definition) is 3. The summed E-state index contributed by atoms with van der Waals surface area (Å²) >= 11 is 5.24. The molecule has 1 heterocycles. The third kappa shape index (κ3) is 4.25. The molecule has 0 radical (unpaired) electrons. The Hall–Kier alpha value is -0.980. The van der Waals surface area contributed by atoms with Crippen molar-refractivity contribution in [2.24, 2.45) is 0 Å². The summed E-state index contributed by atoms with van der Waals surface area (Å²) in [5, 5.41) is 3.39. The highest BCUT2D eigenvalue weighted by Crippen LogP contribution is 2.36. The first-order valence-electron chi connectivity index (χ1n) is 6.55. The molecule has 0 amide bonds. The first kappa shape index (κ1) is 16.4. The van der Waals surface area contributed by atoms with Gasteiger partial charge in [0.15, 0.2) is 0 Å². The van der Waals surface area contributed by atoms with Gasteiger partial charge in [-0.1, -0.05) is 19.1 Å². The molecule has 0 bridgehead atoms. The van der Waals surface area contributed by atoms with Gasteiger partial charge in [0.1, 0.15) is 5.75 Å². The van der Waals surface area contributed by atoms with Gasteiger partial charge in [-0.05, 0) is 53.2 Å². The minimum atomic E-state index is -2.81. The van der Waals surface area contributed by atoms with Crippen LogP contribution >= 0.6 is 27.3 Å². The fourth-order valence-corrected chi connectivity index (χ4v) is 4.12. The molecule has 0 saturated carbocycles. The average molecular weight is 376 g/mol. The number of rotatable bonds is 6. The topological polar surface area (TPSA) is 21.3 Å². The molecule has 6 heteroatoms. The van der Waals surface area contributed by atoms with Crippen LogP contribution in [0.25, 0.3) is 0 Å². The average Bonchev–Trinajstić information content (AvgIpc) is 2.74. The third-order valence-corrected chi connectivity index (χ3v) is 4.96. The van der Waals surface area contributed by atoms with E-state index in [0.717, 1.165) is 21.5 Å². The minimum Gasteiger partial charge on any atom is -0.435 e. The molecule has 0 aliphatic carbocycles. The maximum absolute atomic E-state index is 12.3. The lowest BCUT2D eigenvalue weighted by Crippen LogP contribution is -2.21. The van der Waals surface area contributed by atoms with E-state index < -0.39 is 6.61 Å². The lowest BCUT2D eigenvalue weighted by atomic mass is 10.0. The van der Waals surface area contributed by atoms with Crippen molar-refractivity contribution in [3.63, 3.8) is 0 Å². The maximum Gasteiger partial charge on any atom is 0.387 e. The van der Waals surface area contributed by atoms with E-state index in [2.05, 4.69) is 32.0 Å². The number of alkyl halides is 2. The van der Waals surface area contributed by atoms with Crippen molar-refractivity contribution in [1.82, 2.24) is 5.32 Å². The van der Waals surface area contributed by atoms with E-state index in [1.54, 1.807) is 23.5 Å². The number of ether oxygens (including phenoxy) is 1. The number of aryl methyl sites for hydroxylation is 1. The number of halogens is 3. The van der Waals surface area contributed by atoms with Crippen LogP contribution in [0, 0.1) is 6.92 Å². The van der Waals surface area contributed by atoms with Crippen LogP contribution in [0.5, 0.6) is 5.75 Å². The molecule has 0 aliphatic rings. The van der Waals surface area contributed by atoms with E-state index in [4.69, 9.17) is 0 Å². The van der Waals surface area contributed by atoms with Gasteiger partial charge in [0.2, 0.25) is 0 Å². The Balaban J connectivity index is 2.36. The standard InChI is InChI=1S/C15H16BrF2NOS/c1-3-19-13(14-12(16)7-9(2)21-14)10-5-4-6-11(8-10)20-15(17)18/h4-8,13,15,19H,3H2,1-2H3. The summed E-state index contributed by atoms with van der Waals surface area (Å²) in [4.78, 5) is 2.32. The molecule has 1 N–H and O–H groups in total. The Morgan fingerprint density at radius 2 is 2.10 bits per heavy atom. The zero-order valence-electron chi connectivity index (χ0n) is 11.7. The van der Waals surface area contributed by atoms with E-state index in [0.29, 0.717) is 0 Å². The molecule has 114 valence electrons. The summed E-state index contributed by atoms with van der Waals surface area (Å²) in [6, 6.07) is 8.83. The lowest BCUT2D eigenvalue weighted by Gasteiger charge is -2.18. The van der Waals surface area contributed by atoms with Crippen molar-refractivity contribution < 1.29 is 13.5 Å². The second-order valence-corrected chi connectivity index (χ2v) is 6.65. The smallest absolute Gasteiger partial charge is 0.387 e. The van der Waals surface area contributed by atoms with Gasteiger partial charge in [-0.15, -0.1) is 11.3 Å². The molecule has 0 saturated heterocycles. The molecule has 0 fully saturated rings. The molecule has 0 aliphatic heterocycles. The van der Waals surface area contributed by atoms with Crippen molar-refractivity contribution in [2.45, 2.75) is 26.5 Å². The van der Waals surface area contributed by atoms with Gasteiger partial charge >= 0.3 is 6.61 Å². The Kier molecular flexibility index (Phi) is 5.72. The summed E-state index contributed by atoms with van der Waals surface area (Å²) in [5.74, 6) is 0.176. The highest BCUT2D eigenvalue weighted by atomic mass is 79.9. The number of benzene rings is 1. The zero-order chi connectivity index (χ0) is 15.4. The van der Waals surface area contributed by atoms with E-state index in [9.17, 15) is 8.78 Å². The SMILES string of the molecule is CCNC(c1cccc(OC(F)F)c1)c1sc(C)cc1Br. The Labute approximate surface area is 135 Å². The molecule has 1 unspecified atom stereocenters. The van der Waals surface area contributed by atoms with E-state index in [1.807, 2.05) is 19.9 Å². The normalized spacial score (nSPS) is 12.7. The van der Waals surface area contributed by atoms with Crippen molar-refractivity contribution in [3.8, 4) is 5.75 Å². The predicted octanol–water partition coefficient (Wildman–Crippen LogP) is 5.12. The van der Waals surface area contributed by atoms with Gasteiger partial charge in [-0.25, -0.2) is 0 Å². The van der Waals surface area contributed by atoms with E-state index >= 15 is 0 Å². The van der Waals surface area contributed by atoms with Gasteiger partial charge in [0.05, 0.1) is 6.04 Å². The fraction of sp³-hybridized carbons (Fsp3) is 0.333. The molecular weight excluding hydrogens is 360 g/mol. The monoisotopic (exact) mass is 375 g/mol. The van der Waals surface area contributed by atoms with Gasteiger partial charge in [0, 0.05) is 14.2 Å². The predicted molar refractivity (Wildman–Crippen MR) is 85.3 cm³/mol. The Morgan fingerprint density at radius 3 is 2.67 bits per heavy atom. The van der Waals surface area contributed by atoms with Crippen LogP contribution in [-0.2, 0) is 0 Å². The van der Waals surface area contributed by atoms with Crippen LogP contribution in [0.3, 0.4) is 0 Å². The van der Waals surface area contributed by atoms with Crippen LogP contribution in [-0.4, -0.2) is 13.2 Å².